The third kappa shape index (κ3) is 6.45. The van der Waals surface area contributed by atoms with Gasteiger partial charge in [-0.1, -0.05) is 72.1 Å². The van der Waals surface area contributed by atoms with Crippen molar-refractivity contribution >= 4 is 33.8 Å². The topological polar surface area (TPSA) is 86.5 Å². The fraction of sp³-hybridized carbons (Fsp3) is 0.167. The summed E-state index contributed by atoms with van der Waals surface area (Å²) >= 11 is 1.86. The van der Waals surface area contributed by atoms with Gasteiger partial charge in [0.05, 0.1) is 13.0 Å². The molecular weight excluding hydrogens is 446 g/mol. The van der Waals surface area contributed by atoms with E-state index in [-0.39, 0.29) is 0 Å². The quantitative estimate of drug-likeness (QED) is 0.182. The molecule has 1 atom stereocenters. The first kappa shape index (κ1) is 23.6. The Labute approximate surface area is 194 Å². The fourth-order valence-corrected chi connectivity index (χ4v) is 5.10. The van der Waals surface area contributed by atoms with Crippen LogP contribution in [0.25, 0.3) is 0 Å². The molecule has 8 heteroatoms. The number of methoxy groups -OCH3 is 1. The predicted octanol–water partition coefficient (Wildman–Crippen LogP) is 5.31. The standard InChI is InChI=1S/C24H21NO5S2/c1-30-18-14-12-17(13-15-18)21(16-25(28)29)22(23(26)31-19-8-4-2-5-9-19)24(27)32-20-10-6-3-7-11-20/h2-15,21-22H,16H2,1H3/t21-/m1/s1. The second-order valence-electron chi connectivity index (χ2n) is 6.84. The van der Waals surface area contributed by atoms with Crippen molar-refractivity contribution < 1.29 is 19.2 Å². The largest absolute Gasteiger partial charge is 0.497 e. The fourth-order valence-electron chi connectivity index (χ4n) is 3.18. The van der Waals surface area contributed by atoms with Gasteiger partial charge in [0.2, 0.25) is 16.8 Å². The normalized spacial score (nSPS) is 11.7. The van der Waals surface area contributed by atoms with Crippen molar-refractivity contribution in [3.05, 3.63) is 101 Å². The smallest absolute Gasteiger partial charge is 0.211 e. The molecule has 32 heavy (non-hydrogen) atoms. The molecule has 0 saturated carbocycles. The molecule has 0 radical (unpaired) electrons. The highest BCUT2D eigenvalue weighted by atomic mass is 32.2. The first-order valence-corrected chi connectivity index (χ1v) is 11.4. The van der Waals surface area contributed by atoms with Crippen molar-refractivity contribution in [3.63, 3.8) is 0 Å². The summed E-state index contributed by atoms with van der Waals surface area (Å²) in [5.74, 6) is -1.53. The van der Waals surface area contributed by atoms with Crippen LogP contribution in [0.1, 0.15) is 11.5 Å². The summed E-state index contributed by atoms with van der Waals surface area (Å²) in [6.07, 6.45) is 0. The van der Waals surface area contributed by atoms with Gasteiger partial charge < -0.3 is 4.74 Å². The molecule has 0 saturated heterocycles. The van der Waals surface area contributed by atoms with E-state index in [0.29, 0.717) is 21.1 Å². The first-order chi connectivity index (χ1) is 15.5. The molecule has 6 nitrogen and oxygen atoms in total. The van der Waals surface area contributed by atoms with Crippen molar-refractivity contribution in [1.82, 2.24) is 0 Å². The van der Waals surface area contributed by atoms with E-state index < -0.39 is 33.5 Å². The second-order valence-corrected chi connectivity index (χ2v) is 9.00. The average Bonchev–Trinajstić information content (AvgIpc) is 2.80. The summed E-state index contributed by atoms with van der Waals surface area (Å²) < 4.78 is 5.17. The zero-order chi connectivity index (χ0) is 22.9. The number of benzene rings is 3. The minimum atomic E-state index is -1.20. The van der Waals surface area contributed by atoms with E-state index >= 15 is 0 Å². The molecule has 0 aliphatic heterocycles. The van der Waals surface area contributed by atoms with E-state index in [1.165, 1.54) is 7.11 Å². The van der Waals surface area contributed by atoms with Crippen LogP contribution < -0.4 is 4.74 Å². The van der Waals surface area contributed by atoms with Gasteiger partial charge in [0.25, 0.3) is 0 Å². The Bertz CT molecular complexity index is 1010. The predicted molar refractivity (Wildman–Crippen MR) is 126 cm³/mol. The lowest BCUT2D eigenvalue weighted by Gasteiger charge is -2.22. The summed E-state index contributed by atoms with van der Waals surface area (Å²) in [5.41, 5.74) is 0.538. The highest BCUT2D eigenvalue weighted by Crippen LogP contribution is 2.37. The number of rotatable bonds is 9. The lowest BCUT2D eigenvalue weighted by atomic mass is 9.87. The number of carbonyl (C=O) groups is 2. The van der Waals surface area contributed by atoms with Gasteiger partial charge >= 0.3 is 0 Å². The maximum absolute atomic E-state index is 13.3. The average molecular weight is 468 g/mol. The lowest BCUT2D eigenvalue weighted by molar-refractivity contribution is -0.484. The second kappa shape index (κ2) is 11.5. The Kier molecular flexibility index (Phi) is 8.47. The van der Waals surface area contributed by atoms with Gasteiger partial charge in [-0.25, -0.2) is 0 Å². The van der Waals surface area contributed by atoms with Crippen LogP contribution in [0, 0.1) is 16.0 Å². The van der Waals surface area contributed by atoms with Crippen LogP contribution in [-0.4, -0.2) is 28.8 Å². The van der Waals surface area contributed by atoms with Gasteiger partial charge in [-0.05, 0) is 42.0 Å². The number of carbonyl (C=O) groups excluding carboxylic acids is 2. The zero-order valence-corrected chi connectivity index (χ0v) is 18.9. The Morgan fingerprint density at radius 3 is 1.72 bits per heavy atom. The minimum absolute atomic E-state index is 0.424. The molecule has 0 aliphatic carbocycles. The Morgan fingerprint density at radius 2 is 1.31 bits per heavy atom. The van der Waals surface area contributed by atoms with E-state index in [2.05, 4.69) is 0 Å². The monoisotopic (exact) mass is 467 g/mol. The van der Waals surface area contributed by atoms with Crippen LogP contribution in [0.5, 0.6) is 5.75 Å². The number of hydrogen-bond acceptors (Lipinski definition) is 7. The Balaban J connectivity index is 1.98. The summed E-state index contributed by atoms with van der Waals surface area (Å²) in [5, 5.41) is 10.7. The molecule has 0 fully saturated rings. The lowest BCUT2D eigenvalue weighted by Crippen LogP contribution is -2.31. The molecular formula is C24H21NO5S2. The number of nitrogens with zero attached hydrogens (tertiary/aromatic N) is 1. The van der Waals surface area contributed by atoms with Crippen LogP contribution in [0.4, 0.5) is 0 Å². The van der Waals surface area contributed by atoms with E-state index in [4.69, 9.17) is 4.74 Å². The highest BCUT2D eigenvalue weighted by Gasteiger charge is 2.39. The van der Waals surface area contributed by atoms with Crippen molar-refractivity contribution in [2.75, 3.05) is 13.7 Å². The van der Waals surface area contributed by atoms with E-state index in [9.17, 15) is 19.7 Å². The summed E-state index contributed by atoms with van der Waals surface area (Å²) in [4.78, 5) is 39.1. The SMILES string of the molecule is COc1ccc([C@@H](C[N+](=O)[O-])C(C(=O)Sc2ccccc2)C(=O)Sc2ccccc2)cc1. The molecule has 0 aromatic heterocycles. The molecule has 0 N–H and O–H groups in total. The number of ether oxygens (including phenoxy) is 1. The first-order valence-electron chi connectivity index (χ1n) is 9.77. The summed E-state index contributed by atoms with van der Waals surface area (Å²) in [7, 11) is 1.52. The highest BCUT2D eigenvalue weighted by molar-refractivity contribution is 8.15. The maximum Gasteiger partial charge on any atom is 0.211 e. The minimum Gasteiger partial charge on any atom is -0.497 e. The third-order valence-electron chi connectivity index (χ3n) is 4.72. The van der Waals surface area contributed by atoms with Crippen LogP contribution in [0.2, 0.25) is 0 Å². The van der Waals surface area contributed by atoms with E-state index in [1.807, 2.05) is 12.1 Å². The van der Waals surface area contributed by atoms with Gasteiger partial charge in [0, 0.05) is 14.7 Å². The van der Waals surface area contributed by atoms with Crippen LogP contribution in [0.3, 0.4) is 0 Å². The number of thioether (sulfide) groups is 2. The van der Waals surface area contributed by atoms with Crippen molar-refractivity contribution in [2.24, 2.45) is 5.92 Å². The molecule has 3 aromatic carbocycles. The van der Waals surface area contributed by atoms with Gasteiger partial charge in [-0.15, -0.1) is 0 Å². The van der Waals surface area contributed by atoms with Crippen molar-refractivity contribution in [1.29, 1.82) is 0 Å². The maximum atomic E-state index is 13.3. The van der Waals surface area contributed by atoms with Gasteiger partial charge in [-0.2, -0.15) is 0 Å². The molecule has 0 bridgehead atoms. The van der Waals surface area contributed by atoms with Gasteiger partial charge in [0.1, 0.15) is 11.7 Å². The molecule has 164 valence electrons. The van der Waals surface area contributed by atoms with Crippen LogP contribution in [-0.2, 0) is 9.59 Å². The van der Waals surface area contributed by atoms with Crippen molar-refractivity contribution in [3.8, 4) is 5.75 Å². The Morgan fingerprint density at radius 1 is 0.844 bits per heavy atom. The third-order valence-corrected chi connectivity index (χ3v) is 6.65. The van der Waals surface area contributed by atoms with Crippen LogP contribution >= 0.6 is 23.5 Å². The summed E-state index contributed by atoms with van der Waals surface area (Å²) in [6.45, 7) is -0.542. The van der Waals surface area contributed by atoms with Crippen LogP contribution in [0.15, 0.2) is 94.7 Å². The van der Waals surface area contributed by atoms with Gasteiger partial charge in [0.15, 0.2) is 0 Å². The molecule has 0 heterocycles. The zero-order valence-electron chi connectivity index (χ0n) is 17.2. The molecule has 0 spiro atoms. The number of hydrogen-bond donors (Lipinski definition) is 0. The molecule has 0 aliphatic rings. The summed E-state index contributed by atoms with van der Waals surface area (Å²) in [6, 6.07) is 24.6. The molecule has 3 rings (SSSR count). The van der Waals surface area contributed by atoms with E-state index in [1.54, 1.807) is 72.8 Å². The van der Waals surface area contributed by atoms with E-state index in [0.717, 1.165) is 23.5 Å². The Hall–Kier alpha value is -3.10. The molecule has 0 unspecified atom stereocenters. The number of nitro groups is 1. The molecule has 3 aromatic rings. The van der Waals surface area contributed by atoms with Gasteiger partial charge in [-0.3, -0.25) is 19.7 Å². The molecule has 0 amide bonds. The van der Waals surface area contributed by atoms with Crippen molar-refractivity contribution in [2.45, 2.75) is 15.7 Å².